The molecule has 214 valence electrons. The van der Waals surface area contributed by atoms with Crippen LogP contribution < -0.4 is 11.5 Å². The summed E-state index contributed by atoms with van der Waals surface area (Å²) < 4.78 is 0. The van der Waals surface area contributed by atoms with Gasteiger partial charge in [0.25, 0.3) is 0 Å². The zero-order valence-electron chi connectivity index (χ0n) is 26.1. The topological polar surface area (TPSA) is 77.0 Å². The summed E-state index contributed by atoms with van der Waals surface area (Å²) in [7, 11) is 0. The Bertz CT molecular complexity index is 607. The zero-order chi connectivity index (χ0) is 27.8. The summed E-state index contributed by atoms with van der Waals surface area (Å²) in [6.07, 6.45) is 12.6. The van der Waals surface area contributed by atoms with Gasteiger partial charge < -0.3 is 11.5 Å². The van der Waals surface area contributed by atoms with Gasteiger partial charge in [-0.1, -0.05) is 38.5 Å². The van der Waals surface area contributed by atoms with Crippen molar-refractivity contribution >= 4 is 0 Å². The molecule has 0 amide bonds. The van der Waals surface area contributed by atoms with E-state index in [-0.39, 0.29) is 22.2 Å². The van der Waals surface area contributed by atoms with Crippen LogP contribution in [-0.2, 0) is 9.68 Å². The first-order chi connectivity index (χ1) is 16.0. The van der Waals surface area contributed by atoms with Crippen LogP contribution >= 0.6 is 0 Å². The highest BCUT2D eigenvalue weighted by Crippen LogP contribution is 2.45. The first-order valence-electron chi connectivity index (χ1n) is 14.6. The molecule has 6 heteroatoms. The van der Waals surface area contributed by atoms with E-state index >= 15 is 0 Å². The summed E-state index contributed by atoms with van der Waals surface area (Å²) in [5.41, 5.74) is 11.0. The number of piperidine rings is 2. The summed E-state index contributed by atoms with van der Waals surface area (Å²) >= 11 is 0. The highest BCUT2D eigenvalue weighted by atomic mass is 16.7. The average Bonchev–Trinajstić information content (AvgIpc) is 2.62. The SMILES string of the molecule is CC(C)(N)ON1C(C)(C)CC(CCCCCCC2CC(C)(C)N(OC(C)(C)N)C(C)(C)C2)CC1(C)C. The first-order valence-corrected chi connectivity index (χ1v) is 14.6. The molecule has 2 rings (SSSR count). The molecule has 36 heavy (non-hydrogen) atoms. The van der Waals surface area contributed by atoms with Crippen molar-refractivity contribution in [3.05, 3.63) is 0 Å². The molecule has 2 aliphatic heterocycles. The molecule has 0 bridgehead atoms. The fourth-order valence-electron chi connectivity index (χ4n) is 7.53. The lowest BCUT2D eigenvalue weighted by atomic mass is 9.73. The lowest BCUT2D eigenvalue weighted by molar-refractivity contribution is -0.333. The Morgan fingerprint density at radius 3 is 1.03 bits per heavy atom. The van der Waals surface area contributed by atoms with Gasteiger partial charge in [-0.05, 0) is 121 Å². The van der Waals surface area contributed by atoms with Crippen LogP contribution in [0.1, 0.15) is 147 Å². The van der Waals surface area contributed by atoms with Crippen molar-refractivity contribution in [1.29, 1.82) is 0 Å². The van der Waals surface area contributed by atoms with Gasteiger partial charge in [0.05, 0.1) is 0 Å². The highest BCUT2D eigenvalue weighted by Gasteiger charge is 2.49. The Morgan fingerprint density at radius 2 is 0.806 bits per heavy atom. The van der Waals surface area contributed by atoms with Crippen molar-refractivity contribution in [3.8, 4) is 0 Å². The van der Waals surface area contributed by atoms with E-state index < -0.39 is 11.4 Å². The summed E-state index contributed by atoms with van der Waals surface area (Å²) in [5.74, 6) is 1.49. The second kappa shape index (κ2) is 11.1. The average molecular weight is 511 g/mol. The van der Waals surface area contributed by atoms with Gasteiger partial charge in [0.1, 0.15) is 11.4 Å². The maximum absolute atomic E-state index is 6.23. The van der Waals surface area contributed by atoms with Crippen molar-refractivity contribution < 1.29 is 9.68 Å². The van der Waals surface area contributed by atoms with Gasteiger partial charge >= 0.3 is 0 Å². The molecule has 0 aromatic carbocycles. The number of hydrogen-bond acceptors (Lipinski definition) is 6. The minimum atomic E-state index is -0.656. The van der Waals surface area contributed by atoms with Crippen molar-refractivity contribution in [2.45, 2.75) is 181 Å². The van der Waals surface area contributed by atoms with Gasteiger partial charge in [0, 0.05) is 22.2 Å². The molecule has 0 saturated carbocycles. The number of hydroxylamine groups is 4. The summed E-state index contributed by atoms with van der Waals surface area (Å²) in [4.78, 5) is 12.5. The van der Waals surface area contributed by atoms with Crippen LogP contribution in [0.5, 0.6) is 0 Å². The molecule has 0 aromatic heterocycles. The Hall–Kier alpha value is -0.240. The monoisotopic (exact) mass is 510 g/mol. The van der Waals surface area contributed by atoms with Gasteiger partial charge in [-0.2, -0.15) is 10.1 Å². The third-order valence-corrected chi connectivity index (χ3v) is 7.98. The van der Waals surface area contributed by atoms with Crippen LogP contribution in [0.3, 0.4) is 0 Å². The van der Waals surface area contributed by atoms with Gasteiger partial charge in [-0.15, -0.1) is 0 Å². The Morgan fingerprint density at radius 1 is 0.556 bits per heavy atom. The Balaban J connectivity index is 1.77. The molecule has 4 N–H and O–H groups in total. The van der Waals surface area contributed by atoms with Crippen LogP contribution in [0.4, 0.5) is 0 Å². The van der Waals surface area contributed by atoms with Crippen molar-refractivity contribution in [2.75, 3.05) is 0 Å². The molecule has 0 atom stereocenters. The van der Waals surface area contributed by atoms with Crippen LogP contribution in [0.25, 0.3) is 0 Å². The fraction of sp³-hybridized carbons (Fsp3) is 1.00. The van der Waals surface area contributed by atoms with Crippen LogP contribution in [0.2, 0.25) is 0 Å². The largest absolute Gasteiger partial charge is 0.302 e. The van der Waals surface area contributed by atoms with E-state index in [1.165, 1.54) is 38.5 Å². The van der Waals surface area contributed by atoms with Crippen LogP contribution in [-0.4, -0.2) is 43.7 Å². The normalized spacial score (nSPS) is 25.8. The van der Waals surface area contributed by atoms with E-state index in [9.17, 15) is 0 Å². The quantitative estimate of drug-likeness (QED) is 0.228. The molecule has 0 spiro atoms. The molecule has 2 aliphatic rings. The number of nitrogens with zero attached hydrogens (tertiary/aromatic N) is 2. The molecular weight excluding hydrogens is 448 g/mol. The number of hydrogen-bond donors (Lipinski definition) is 2. The third kappa shape index (κ3) is 9.20. The van der Waals surface area contributed by atoms with Crippen molar-refractivity contribution in [3.63, 3.8) is 0 Å². The second-order valence-electron chi connectivity index (χ2n) is 15.8. The molecule has 0 radical (unpaired) electrons. The van der Waals surface area contributed by atoms with E-state index in [0.717, 1.165) is 37.5 Å². The maximum atomic E-state index is 6.23. The predicted molar refractivity (Wildman–Crippen MR) is 152 cm³/mol. The lowest BCUT2D eigenvalue weighted by Gasteiger charge is -2.55. The molecule has 2 saturated heterocycles. The summed E-state index contributed by atoms with van der Waals surface area (Å²) in [5, 5.41) is 4.37. The molecule has 0 unspecified atom stereocenters. The van der Waals surface area contributed by atoms with E-state index in [0.29, 0.717) is 0 Å². The van der Waals surface area contributed by atoms with Gasteiger partial charge in [-0.25, -0.2) is 0 Å². The van der Waals surface area contributed by atoms with E-state index in [1.54, 1.807) is 0 Å². The van der Waals surface area contributed by atoms with E-state index in [2.05, 4.69) is 65.5 Å². The van der Waals surface area contributed by atoms with Crippen molar-refractivity contribution in [2.24, 2.45) is 23.3 Å². The van der Waals surface area contributed by atoms with Gasteiger partial charge in [0.15, 0.2) is 0 Å². The minimum absolute atomic E-state index is 0.0135. The lowest BCUT2D eigenvalue weighted by Crippen LogP contribution is -2.63. The first kappa shape index (κ1) is 32.0. The zero-order valence-corrected chi connectivity index (χ0v) is 26.1. The smallest absolute Gasteiger partial charge is 0.132 e. The fourth-order valence-corrected chi connectivity index (χ4v) is 7.53. The highest BCUT2D eigenvalue weighted by molar-refractivity contribution is 4.98. The van der Waals surface area contributed by atoms with Crippen molar-refractivity contribution in [1.82, 2.24) is 10.1 Å². The molecule has 6 nitrogen and oxygen atoms in total. The van der Waals surface area contributed by atoms with E-state index in [1.807, 2.05) is 27.7 Å². The van der Waals surface area contributed by atoms with Gasteiger partial charge in [-0.3, -0.25) is 9.68 Å². The molecular formula is C30H62N4O2. The Labute approximate surface area is 224 Å². The summed E-state index contributed by atoms with van der Waals surface area (Å²) in [6.45, 7) is 26.2. The predicted octanol–water partition coefficient (Wildman–Crippen LogP) is 7.12. The molecule has 2 heterocycles. The second-order valence-corrected chi connectivity index (χ2v) is 15.8. The molecule has 0 aromatic rings. The minimum Gasteiger partial charge on any atom is -0.302 e. The third-order valence-electron chi connectivity index (χ3n) is 7.98. The van der Waals surface area contributed by atoms with Crippen LogP contribution in [0.15, 0.2) is 0 Å². The van der Waals surface area contributed by atoms with Gasteiger partial charge in [0.2, 0.25) is 0 Å². The molecule has 0 aliphatic carbocycles. The summed E-state index contributed by atoms with van der Waals surface area (Å²) in [6, 6.07) is 0. The van der Waals surface area contributed by atoms with E-state index in [4.69, 9.17) is 21.1 Å². The standard InChI is InChI=1S/C30H62N4O2/c1-25(2)19-23(20-26(3,4)33(25)35-29(9,10)31)17-15-13-14-16-18-24-21-27(5,6)34(28(7,8)22-24)36-30(11,12)32/h23-24H,13-22,31-32H2,1-12H3. The van der Waals surface area contributed by atoms with Crippen LogP contribution in [0, 0.1) is 11.8 Å². The number of nitrogens with two attached hydrogens (primary N) is 2. The maximum Gasteiger partial charge on any atom is 0.132 e. The number of unbranched alkanes of at least 4 members (excludes halogenated alkanes) is 3. The number of rotatable bonds is 11. The molecule has 2 fully saturated rings. The Kier molecular flexibility index (Phi) is 9.85.